The highest BCUT2D eigenvalue weighted by molar-refractivity contribution is 5.81. The van der Waals surface area contributed by atoms with Gasteiger partial charge < -0.3 is 15.0 Å². The molecule has 3 unspecified atom stereocenters. The molecule has 2 heterocycles. The molecule has 2 aliphatic heterocycles. The van der Waals surface area contributed by atoms with Crippen LogP contribution in [0.1, 0.15) is 57.8 Å². The maximum atomic E-state index is 6.13. The van der Waals surface area contributed by atoms with Crippen molar-refractivity contribution in [2.24, 2.45) is 21.7 Å². The number of likely N-dealkylation sites (tertiary alicyclic amines) is 1. The highest BCUT2D eigenvalue weighted by Gasteiger charge is 2.65. The lowest BCUT2D eigenvalue weighted by molar-refractivity contribution is -0.125. The molecule has 0 radical (unpaired) electrons. The third-order valence-corrected chi connectivity index (χ3v) is 7.93. The van der Waals surface area contributed by atoms with Crippen LogP contribution in [-0.2, 0) is 4.74 Å². The number of rotatable bonds is 1. The molecule has 0 amide bonds. The summed E-state index contributed by atoms with van der Waals surface area (Å²) in [6.45, 7) is 3.40. The second-order valence-corrected chi connectivity index (χ2v) is 8.88. The van der Waals surface area contributed by atoms with Gasteiger partial charge in [0.05, 0.1) is 6.10 Å². The van der Waals surface area contributed by atoms with Crippen molar-refractivity contribution < 1.29 is 4.74 Å². The van der Waals surface area contributed by atoms with E-state index in [4.69, 9.17) is 4.74 Å². The Morgan fingerprint density at radius 2 is 1.96 bits per heavy atom. The lowest BCUT2D eigenvalue weighted by Crippen LogP contribution is -2.69. The smallest absolute Gasteiger partial charge is 0.193 e. The first kappa shape index (κ1) is 14.6. The molecule has 23 heavy (non-hydrogen) atoms. The minimum Gasteiger partial charge on any atom is -0.377 e. The molecule has 2 saturated heterocycles. The number of hydrogen-bond acceptors (Lipinski definition) is 2. The number of aliphatic imine (C=N–C) groups is 1. The van der Waals surface area contributed by atoms with Gasteiger partial charge in [-0.05, 0) is 43.9 Å². The number of nitrogens with one attached hydrogen (secondary N) is 1. The molecular weight excluding hydrogens is 286 g/mol. The molecule has 5 rings (SSSR count). The molecule has 4 nitrogen and oxygen atoms in total. The average molecular weight is 317 g/mol. The highest BCUT2D eigenvalue weighted by atomic mass is 16.5. The summed E-state index contributed by atoms with van der Waals surface area (Å²) in [4.78, 5) is 7.22. The van der Waals surface area contributed by atoms with E-state index in [-0.39, 0.29) is 0 Å². The van der Waals surface area contributed by atoms with E-state index in [1.807, 2.05) is 7.05 Å². The molecule has 128 valence electrons. The van der Waals surface area contributed by atoms with Crippen molar-refractivity contribution in [2.45, 2.75) is 69.9 Å². The summed E-state index contributed by atoms with van der Waals surface area (Å²) in [5.74, 6) is 1.90. The van der Waals surface area contributed by atoms with Crippen LogP contribution in [0.5, 0.6) is 0 Å². The third-order valence-electron chi connectivity index (χ3n) is 7.93. The lowest BCUT2D eigenvalue weighted by atomic mass is 9.54. The topological polar surface area (TPSA) is 36.9 Å². The lowest BCUT2D eigenvalue weighted by Gasteiger charge is -2.57. The van der Waals surface area contributed by atoms with Crippen molar-refractivity contribution in [1.29, 1.82) is 0 Å². The van der Waals surface area contributed by atoms with E-state index in [0.29, 0.717) is 23.0 Å². The minimum atomic E-state index is 0.422. The van der Waals surface area contributed by atoms with E-state index in [1.165, 1.54) is 76.8 Å². The van der Waals surface area contributed by atoms with Crippen LogP contribution >= 0.6 is 0 Å². The van der Waals surface area contributed by atoms with Crippen LogP contribution in [-0.4, -0.2) is 49.7 Å². The molecule has 3 aliphatic carbocycles. The van der Waals surface area contributed by atoms with Crippen molar-refractivity contribution in [2.75, 3.05) is 26.7 Å². The number of guanidine groups is 1. The molecule has 4 heteroatoms. The average Bonchev–Trinajstić information content (AvgIpc) is 3.25. The van der Waals surface area contributed by atoms with Gasteiger partial charge in [0.25, 0.3) is 0 Å². The summed E-state index contributed by atoms with van der Waals surface area (Å²) in [5, 5.41) is 3.93. The van der Waals surface area contributed by atoms with Crippen LogP contribution in [0.3, 0.4) is 0 Å². The van der Waals surface area contributed by atoms with E-state index in [1.54, 1.807) is 0 Å². The van der Waals surface area contributed by atoms with E-state index in [2.05, 4.69) is 15.2 Å². The molecule has 0 bridgehead atoms. The van der Waals surface area contributed by atoms with Gasteiger partial charge in [-0.1, -0.05) is 19.3 Å². The van der Waals surface area contributed by atoms with Gasteiger partial charge in [0.1, 0.15) is 0 Å². The first-order chi connectivity index (χ1) is 11.3. The SMILES string of the molecule is CN=C(NC1C2CCOC2C12CCCC2)N1CCC2(CCC2)C1. The molecule has 5 fully saturated rings. The van der Waals surface area contributed by atoms with Crippen LogP contribution in [0.15, 0.2) is 4.99 Å². The van der Waals surface area contributed by atoms with E-state index < -0.39 is 0 Å². The highest BCUT2D eigenvalue weighted by Crippen LogP contribution is 2.60. The second-order valence-electron chi connectivity index (χ2n) is 8.88. The molecule has 1 N–H and O–H groups in total. The Balaban J connectivity index is 1.31. The van der Waals surface area contributed by atoms with Crippen LogP contribution in [0, 0.1) is 16.7 Å². The van der Waals surface area contributed by atoms with Crippen molar-refractivity contribution in [1.82, 2.24) is 10.2 Å². The summed E-state index contributed by atoms with van der Waals surface area (Å²) in [6, 6.07) is 0.606. The fraction of sp³-hybridized carbons (Fsp3) is 0.947. The van der Waals surface area contributed by atoms with Crippen LogP contribution in [0.2, 0.25) is 0 Å². The first-order valence-electron chi connectivity index (χ1n) is 9.86. The monoisotopic (exact) mass is 317 g/mol. The largest absolute Gasteiger partial charge is 0.377 e. The van der Waals surface area contributed by atoms with Gasteiger partial charge in [-0.2, -0.15) is 0 Å². The predicted octanol–water partition coefficient (Wildman–Crippen LogP) is 2.79. The predicted molar refractivity (Wildman–Crippen MR) is 91.5 cm³/mol. The molecule has 0 aromatic rings. The Bertz CT molecular complexity index is 507. The molecule has 0 aromatic carbocycles. The summed E-state index contributed by atoms with van der Waals surface area (Å²) in [5.41, 5.74) is 1.06. The zero-order valence-electron chi connectivity index (χ0n) is 14.5. The molecule has 2 spiro atoms. The van der Waals surface area contributed by atoms with Crippen molar-refractivity contribution in [3.05, 3.63) is 0 Å². The molecule has 3 atom stereocenters. The Morgan fingerprint density at radius 1 is 1.13 bits per heavy atom. The summed E-state index contributed by atoms with van der Waals surface area (Å²) in [7, 11) is 1.97. The van der Waals surface area contributed by atoms with Crippen molar-refractivity contribution >= 4 is 5.96 Å². The number of hydrogen-bond donors (Lipinski definition) is 1. The van der Waals surface area contributed by atoms with E-state index in [0.717, 1.165) is 12.5 Å². The second kappa shape index (κ2) is 5.11. The van der Waals surface area contributed by atoms with Crippen molar-refractivity contribution in [3.8, 4) is 0 Å². The Labute approximate surface area is 140 Å². The maximum absolute atomic E-state index is 6.13. The maximum Gasteiger partial charge on any atom is 0.193 e. The van der Waals surface area contributed by atoms with Crippen LogP contribution in [0.25, 0.3) is 0 Å². The van der Waals surface area contributed by atoms with E-state index in [9.17, 15) is 0 Å². The van der Waals surface area contributed by atoms with Crippen LogP contribution < -0.4 is 5.32 Å². The Morgan fingerprint density at radius 3 is 2.61 bits per heavy atom. The standard InChI is InChI=1S/C19H31N3O/c1-20-17(22-11-10-18(13-22)6-4-7-18)21-15-14-5-12-23-16(14)19(15)8-2-3-9-19/h14-16H,2-13H2,1H3,(H,20,21). The summed E-state index contributed by atoms with van der Waals surface area (Å²) < 4.78 is 6.13. The number of ether oxygens (including phenoxy) is 1. The first-order valence-corrected chi connectivity index (χ1v) is 9.86. The fourth-order valence-electron chi connectivity index (χ4n) is 6.54. The molecule has 5 aliphatic rings. The van der Waals surface area contributed by atoms with Gasteiger partial charge in [0.2, 0.25) is 0 Å². The van der Waals surface area contributed by atoms with Gasteiger partial charge in [0.15, 0.2) is 5.96 Å². The van der Waals surface area contributed by atoms with Gasteiger partial charge >= 0.3 is 0 Å². The van der Waals surface area contributed by atoms with Gasteiger partial charge in [-0.3, -0.25) is 4.99 Å². The van der Waals surface area contributed by atoms with Crippen molar-refractivity contribution in [3.63, 3.8) is 0 Å². The molecule has 0 aromatic heterocycles. The molecular formula is C19H31N3O. The number of fused-ring (bicyclic) bond motifs is 2. The van der Waals surface area contributed by atoms with Crippen LogP contribution in [0.4, 0.5) is 0 Å². The Kier molecular flexibility index (Phi) is 3.24. The van der Waals surface area contributed by atoms with Gasteiger partial charge in [0, 0.05) is 44.1 Å². The normalized spacial score (nSPS) is 40.3. The quantitative estimate of drug-likeness (QED) is 0.597. The summed E-state index contributed by atoms with van der Waals surface area (Å²) in [6.07, 6.45) is 12.9. The van der Waals surface area contributed by atoms with E-state index >= 15 is 0 Å². The Hall–Kier alpha value is -0.770. The fourth-order valence-corrected chi connectivity index (χ4v) is 6.54. The summed E-state index contributed by atoms with van der Waals surface area (Å²) >= 11 is 0. The third kappa shape index (κ3) is 1.96. The minimum absolute atomic E-state index is 0.422. The number of nitrogens with zero attached hydrogens (tertiary/aromatic N) is 2. The molecule has 3 saturated carbocycles. The van der Waals surface area contributed by atoms with Gasteiger partial charge in [-0.15, -0.1) is 0 Å². The van der Waals surface area contributed by atoms with Gasteiger partial charge in [-0.25, -0.2) is 0 Å². The zero-order valence-corrected chi connectivity index (χ0v) is 14.5. The zero-order chi connectivity index (χ0) is 15.5.